The van der Waals surface area contributed by atoms with Crippen LogP contribution in [0.2, 0.25) is 5.02 Å². The summed E-state index contributed by atoms with van der Waals surface area (Å²) in [6.07, 6.45) is -2.54. The van der Waals surface area contributed by atoms with Crippen molar-refractivity contribution < 1.29 is 23.1 Å². The van der Waals surface area contributed by atoms with E-state index >= 15 is 0 Å². The summed E-state index contributed by atoms with van der Waals surface area (Å²) in [6, 6.07) is 3.51. The van der Waals surface area contributed by atoms with Crippen LogP contribution >= 0.6 is 23.4 Å². The van der Waals surface area contributed by atoms with E-state index in [0.29, 0.717) is 6.20 Å². The lowest BCUT2D eigenvalue weighted by Gasteiger charge is -2.09. The van der Waals surface area contributed by atoms with Crippen LogP contribution in [-0.4, -0.2) is 21.0 Å². The van der Waals surface area contributed by atoms with Crippen molar-refractivity contribution in [2.24, 2.45) is 0 Å². The molecule has 0 atom stereocenters. The molecule has 0 bridgehead atoms. The Morgan fingerprint density at radius 1 is 1.29 bits per heavy atom. The summed E-state index contributed by atoms with van der Waals surface area (Å²) in [5.41, 5.74) is -1.06. The molecule has 2 heterocycles. The number of carboxylic acids is 1. The van der Waals surface area contributed by atoms with Crippen LogP contribution < -0.4 is 0 Å². The first-order chi connectivity index (χ1) is 9.79. The largest absolute Gasteiger partial charge is 0.478 e. The van der Waals surface area contributed by atoms with Gasteiger partial charge in [-0.3, -0.25) is 0 Å². The van der Waals surface area contributed by atoms with Crippen LogP contribution in [-0.2, 0) is 6.18 Å². The van der Waals surface area contributed by atoms with E-state index in [9.17, 15) is 18.0 Å². The minimum atomic E-state index is -4.54. The highest BCUT2D eigenvalue weighted by Gasteiger charge is 2.31. The second-order valence-electron chi connectivity index (χ2n) is 3.77. The molecule has 0 aliphatic rings. The van der Waals surface area contributed by atoms with Gasteiger partial charge in [-0.1, -0.05) is 11.6 Å². The van der Waals surface area contributed by atoms with Crippen molar-refractivity contribution in [3.63, 3.8) is 0 Å². The summed E-state index contributed by atoms with van der Waals surface area (Å²) in [5.74, 6) is -1.20. The number of nitrogens with zero attached hydrogens (tertiary/aromatic N) is 2. The molecule has 0 aromatic carbocycles. The highest BCUT2D eigenvalue weighted by Crippen LogP contribution is 2.36. The highest BCUT2D eigenvalue weighted by molar-refractivity contribution is 7.99. The fourth-order valence-corrected chi connectivity index (χ4v) is 2.49. The van der Waals surface area contributed by atoms with Gasteiger partial charge in [0.2, 0.25) is 0 Å². The van der Waals surface area contributed by atoms with Gasteiger partial charge in [-0.25, -0.2) is 14.8 Å². The van der Waals surface area contributed by atoms with Crippen molar-refractivity contribution >= 4 is 29.3 Å². The van der Waals surface area contributed by atoms with E-state index in [0.717, 1.165) is 17.8 Å². The standard InChI is InChI=1S/C12H6ClF3N2O2S/c13-8-4-6(12(14,15)16)5-18-10(8)21-9-7(11(19)20)2-1-3-17-9/h1-5H,(H,19,20). The van der Waals surface area contributed by atoms with E-state index in [2.05, 4.69) is 9.97 Å². The maximum atomic E-state index is 12.5. The number of halogens is 4. The summed E-state index contributed by atoms with van der Waals surface area (Å²) >= 11 is 6.54. The summed E-state index contributed by atoms with van der Waals surface area (Å²) < 4.78 is 37.5. The normalized spacial score (nSPS) is 11.4. The number of alkyl halides is 3. The minimum Gasteiger partial charge on any atom is -0.478 e. The van der Waals surface area contributed by atoms with Crippen LogP contribution in [0.25, 0.3) is 0 Å². The number of hydrogen-bond acceptors (Lipinski definition) is 4. The topological polar surface area (TPSA) is 63.1 Å². The Morgan fingerprint density at radius 3 is 2.57 bits per heavy atom. The monoisotopic (exact) mass is 334 g/mol. The van der Waals surface area contributed by atoms with Crippen LogP contribution in [0.3, 0.4) is 0 Å². The van der Waals surface area contributed by atoms with Gasteiger partial charge in [0, 0.05) is 12.4 Å². The van der Waals surface area contributed by atoms with Crippen molar-refractivity contribution in [1.82, 2.24) is 9.97 Å². The van der Waals surface area contributed by atoms with Gasteiger partial charge in [-0.2, -0.15) is 13.2 Å². The summed E-state index contributed by atoms with van der Waals surface area (Å²) in [4.78, 5) is 18.5. The fourth-order valence-electron chi connectivity index (χ4n) is 1.38. The zero-order valence-electron chi connectivity index (χ0n) is 10.1. The van der Waals surface area contributed by atoms with Crippen molar-refractivity contribution in [2.75, 3.05) is 0 Å². The Balaban J connectivity index is 2.35. The molecule has 0 radical (unpaired) electrons. The van der Waals surface area contributed by atoms with Crippen LogP contribution in [0, 0.1) is 0 Å². The van der Waals surface area contributed by atoms with Gasteiger partial charge in [0.1, 0.15) is 10.1 Å². The summed E-state index contributed by atoms with van der Waals surface area (Å²) in [5, 5.41) is 8.93. The summed E-state index contributed by atoms with van der Waals surface area (Å²) in [6.45, 7) is 0. The molecule has 21 heavy (non-hydrogen) atoms. The maximum Gasteiger partial charge on any atom is 0.417 e. The van der Waals surface area contributed by atoms with Crippen molar-refractivity contribution in [3.05, 3.63) is 46.7 Å². The lowest BCUT2D eigenvalue weighted by atomic mass is 10.3. The number of rotatable bonds is 3. The lowest BCUT2D eigenvalue weighted by molar-refractivity contribution is -0.137. The van der Waals surface area contributed by atoms with Gasteiger partial charge in [-0.05, 0) is 30.0 Å². The van der Waals surface area contributed by atoms with Gasteiger partial charge >= 0.3 is 12.1 Å². The smallest absolute Gasteiger partial charge is 0.417 e. The van der Waals surface area contributed by atoms with E-state index < -0.39 is 17.7 Å². The molecule has 0 aliphatic heterocycles. The zero-order chi connectivity index (χ0) is 15.6. The number of carbonyl (C=O) groups is 1. The second kappa shape index (κ2) is 5.90. The third-order valence-corrected chi connectivity index (χ3v) is 3.77. The Hall–Kier alpha value is -1.80. The molecule has 4 nitrogen and oxygen atoms in total. The Bertz CT molecular complexity index is 694. The van der Waals surface area contributed by atoms with Gasteiger partial charge in [-0.15, -0.1) is 0 Å². The van der Waals surface area contributed by atoms with Crippen LogP contribution in [0.1, 0.15) is 15.9 Å². The quantitative estimate of drug-likeness (QED) is 0.919. The van der Waals surface area contributed by atoms with Gasteiger partial charge in [0.25, 0.3) is 0 Å². The van der Waals surface area contributed by atoms with Crippen molar-refractivity contribution in [2.45, 2.75) is 16.2 Å². The van der Waals surface area contributed by atoms with E-state index in [1.807, 2.05) is 0 Å². The molecular formula is C12H6ClF3N2O2S. The number of carboxylic acid groups (broad SMARTS) is 1. The Morgan fingerprint density at radius 2 is 2.00 bits per heavy atom. The van der Waals surface area contributed by atoms with Crippen LogP contribution in [0.4, 0.5) is 13.2 Å². The van der Waals surface area contributed by atoms with Gasteiger partial charge < -0.3 is 5.11 Å². The molecule has 0 spiro atoms. The first kappa shape index (κ1) is 15.6. The first-order valence-electron chi connectivity index (χ1n) is 5.38. The second-order valence-corrected chi connectivity index (χ2v) is 5.16. The SMILES string of the molecule is O=C(O)c1cccnc1Sc1ncc(C(F)(F)F)cc1Cl. The van der Waals surface area contributed by atoms with E-state index in [1.165, 1.54) is 18.3 Å². The number of aromatic carboxylic acids is 1. The average molecular weight is 335 g/mol. The minimum absolute atomic E-state index is 0.0471. The molecule has 2 rings (SSSR count). The molecule has 0 fully saturated rings. The molecule has 2 aromatic rings. The Kier molecular flexibility index (Phi) is 4.38. The summed E-state index contributed by atoms with van der Waals surface area (Å²) in [7, 11) is 0. The molecule has 0 aliphatic carbocycles. The molecule has 1 N–H and O–H groups in total. The first-order valence-corrected chi connectivity index (χ1v) is 6.57. The van der Waals surface area contributed by atoms with E-state index in [1.54, 1.807) is 0 Å². The zero-order valence-corrected chi connectivity index (χ0v) is 11.6. The highest BCUT2D eigenvalue weighted by atomic mass is 35.5. The van der Waals surface area contributed by atoms with E-state index in [4.69, 9.17) is 16.7 Å². The molecule has 0 amide bonds. The Labute approximate surface area is 126 Å². The predicted molar refractivity (Wildman–Crippen MR) is 69.6 cm³/mol. The molecule has 0 saturated carbocycles. The van der Waals surface area contributed by atoms with Crippen LogP contribution in [0.5, 0.6) is 0 Å². The van der Waals surface area contributed by atoms with Crippen molar-refractivity contribution in [3.8, 4) is 0 Å². The molecule has 0 saturated heterocycles. The number of aromatic nitrogens is 2. The average Bonchev–Trinajstić information content (AvgIpc) is 2.40. The number of hydrogen-bond donors (Lipinski definition) is 1. The van der Waals surface area contributed by atoms with Gasteiger partial charge in [0.05, 0.1) is 16.1 Å². The van der Waals surface area contributed by atoms with Gasteiger partial charge in [0.15, 0.2) is 0 Å². The third-order valence-electron chi connectivity index (χ3n) is 2.33. The lowest BCUT2D eigenvalue weighted by Crippen LogP contribution is -2.06. The van der Waals surface area contributed by atoms with Crippen molar-refractivity contribution in [1.29, 1.82) is 0 Å². The van der Waals surface area contributed by atoms with E-state index in [-0.39, 0.29) is 20.6 Å². The molecule has 2 aromatic heterocycles. The fraction of sp³-hybridized carbons (Fsp3) is 0.0833. The number of pyridine rings is 2. The predicted octanol–water partition coefficient (Wildman–Crippen LogP) is 4.00. The molecule has 9 heteroatoms. The molecular weight excluding hydrogens is 329 g/mol. The maximum absolute atomic E-state index is 12.5. The molecule has 110 valence electrons. The van der Waals surface area contributed by atoms with Crippen LogP contribution in [0.15, 0.2) is 40.6 Å². The third kappa shape index (κ3) is 3.64. The molecule has 0 unspecified atom stereocenters.